The third-order valence-corrected chi connectivity index (χ3v) is 1.02. The van der Waals surface area contributed by atoms with Crippen LogP contribution in [0, 0.1) is 6.08 Å². The van der Waals surface area contributed by atoms with Crippen molar-refractivity contribution in [3.8, 4) is 0 Å². The lowest BCUT2D eigenvalue weighted by Crippen LogP contribution is -2.16. The lowest BCUT2D eigenvalue weighted by molar-refractivity contribution is 0.166. The number of carbonyl (C=O) groups is 1. The highest BCUT2D eigenvalue weighted by Gasteiger charge is 2.09. The zero-order chi connectivity index (χ0) is 8.10. The molecule has 1 amide bonds. The van der Waals surface area contributed by atoms with Crippen LogP contribution in [0.15, 0.2) is 17.8 Å². The average Bonchev–Trinajstić information content (AvgIpc) is 2.03. The second-order valence-corrected chi connectivity index (χ2v) is 1.85. The molecule has 0 aromatic rings. The lowest BCUT2D eigenvalue weighted by atomic mass is 10.3. The molecule has 4 nitrogen and oxygen atoms in total. The van der Waals surface area contributed by atoms with Crippen molar-refractivity contribution in [2.24, 2.45) is 5.73 Å². The summed E-state index contributed by atoms with van der Waals surface area (Å²) in [7, 11) is 0. The van der Waals surface area contributed by atoms with Gasteiger partial charge < -0.3 is 10.5 Å². The Bertz CT molecular complexity index is 241. The van der Waals surface area contributed by atoms with Gasteiger partial charge in [0.2, 0.25) is 6.21 Å². The van der Waals surface area contributed by atoms with E-state index in [1.807, 2.05) is 0 Å². The molecule has 0 saturated carbocycles. The van der Waals surface area contributed by atoms with Gasteiger partial charge in [0, 0.05) is 12.2 Å². The number of rotatable bonds is 2. The fraction of sp³-hybridized carbons (Fsp3) is 0.143. The molecule has 1 aliphatic rings. The van der Waals surface area contributed by atoms with Crippen molar-refractivity contribution in [2.45, 2.75) is 0 Å². The Balaban J connectivity index is 2.38. The van der Waals surface area contributed by atoms with Gasteiger partial charge in [0.05, 0.1) is 4.99 Å². The van der Waals surface area contributed by atoms with Gasteiger partial charge in [0.15, 0.2) is 6.61 Å². The van der Waals surface area contributed by atoms with Gasteiger partial charge in [-0.1, -0.05) is 0 Å². The summed E-state index contributed by atoms with van der Waals surface area (Å²) in [6.07, 6.45) is 6.85. The minimum absolute atomic E-state index is 0.104. The number of aliphatic imine (C=N–C) groups is 1. The van der Waals surface area contributed by atoms with Gasteiger partial charge >= 0.3 is 6.09 Å². The molecule has 0 fully saturated rings. The van der Waals surface area contributed by atoms with E-state index in [4.69, 9.17) is 5.73 Å². The van der Waals surface area contributed by atoms with Crippen LogP contribution in [-0.2, 0) is 4.74 Å². The summed E-state index contributed by atoms with van der Waals surface area (Å²) >= 11 is 0. The van der Waals surface area contributed by atoms with Crippen LogP contribution in [0.2, 0.25) is 0 Å². The SMILES string of the molecule is NC(=O)OCC1=C[C]=CC=[N+]1. The molecule has 2 N–H and O–H groups in total. The molecule has 0 saturated heterocycles. The van der Waals surface area contributed by atoms with E-state index in [1.54, 1.807) is 18.4 Å². The Kier molecular flexibility index (Phi) is 2.43. The second kappa shape index (κ2) is 3.55. The minimum atomic E-state index is -0.796. The summed E-state index contributed by atoms with van der Waals surface area (Å²) < 4.78 is 4.48. The van der Waals surface area contributed by atoms with E-state index < -0.39 is 6.09 Å². The smallest absolute Gasteiger partial charge is 0.405 e. The van der Waals surface area contributed by atoms with Gasteiger partial charge in [-0.05, 0) is 6.08 Å². The maximum atomic E-state index is 10.1. The molecule has 1 rings (SSSR count). The summed E-state index contributed by atoms with van der Waals surface area (Å²) in [6.45, 7) is 0.104. The zero-order valence-electron chi connectivity index (χ0n) is 5.78. The monoisotopic (exact) mass is 151 g/mol. The van der Waals surface area contributed by atoms with E-state index in [-0.39, 0.29) is 6.61 Å². The number of allylic oxidation sites excluding steroid dienone is 3. The van der Waals surface area contributed by atoms with Crippen LogP contribution in [0.5, 0.6) is 0 Å². The van der Waals surface area contributed by atoms with Crippen LogP contribution in [0.1, 0.15) is 0 Å². The van der Waals surface area contributed by atoms with Crippen LogP contribution >= 0.6 is 0 Å². The van der Waals surface area contributed by atoms with Crippen molar-refractivity contribution in [1.82, 2.24) is 4.99 Å². The van der Waals surface area contributed by atoms with E-state index in [1.165, 1.54) is 0 Å². The van der Waals surface area contributed by atoms with Crippen LogP contribution in [0.3, 0.4) is 0 Å². The lowest BCUT2D eigenvalue weighted by Gasteiger charge is -1.93. The van der Waals surface area contributed by atoms with Crippen LogP contribution in [0.25, 0.3) is 0 Å². The van der Waals surface area contributed by atoms with Gasteiger partial charge in [0.25, 0.3) is 5.70 Å². The van der Waals surface area contributed by atoms with E-state index in [9.17, 15) is 4.79 Å². The van der Waals surface area contributed by atoms with Crippen molar-refractivity contribution in [3.63, 3.8) is 0 Å². The Morgan fingerprint density at radius 2 is 2.64 bits per heavy atom. The van der Waals surface area contributed by atoms with Gasteiger partial charge in [-0.25, -0.2) is 4.79 Å². The first kappa shape index (κ1) is 7.53. The normalized spacial score (nSPS) is 14.4. The maximum Gasteiger partial charge on any atom is 0.405 e. The molecule has 0 atom stereocenters. The summed E-state index contributed by atoms with van der Waals surface area (Å²) in [5.74, 6) is 0. The predicted molar refractivity (Wildman–Crippen MR) is 39.6 cm³/mol. The number of hydrogen-bond acceptors (Lipinski definition) is 3. The highest BCUT2D eigenvalue weighted by atomic mass is 16.5. The van der Waals surface area contributed by atoms with E-state index in [0.717, 1.165) is 0 Å². The minimum Gasteiger partial charge on any atom is -0.438 e. The Hall–Kier alpha value is -1.58. The van der Waals surface area contributed by atoms with E-state index in [2.05, 4.69) is 15.8 Å². The molecular weight excluding hydrogens is 144 g/mol. The summed E-state index contributed by atoms with van der Waals surface area (Å²) in [5.41, 5.74) is 5.37. The number of hydrogen-bond donors (Lipinski definition) is 1. The first-order valence-electron chi connectivity index (χ1n) is 3.02. The first-order chi connectivity index (χ1) is 5.29. The molecule has 1 aliphatic heterocycles. The van der Waals surface area contributed by atoms with Crippen LogP contribution in [0.4, 0.5) is 4.79 Å². The average molecular weight is 151 g/mol. The fourth-order valence-electron chi connectivity index (χ4n) is 0.582. The summed E-state index contributed by atoms with van der Waals surface area (Å²) in [4.78, 5) is 14.0. The molecule has 11 heavy (non-hydrogen) atoms. The van der Waals surface area contributed by atoms with Crippen molar-refractivity contribution in [1.29, 1.82) is 0 Å². The van der Waals surface area contributed by atoms with Gasteiger partial charge in [-0.15, -0.1) is 0 Å². The maximum absolute atomic E-state index is 10.1. The standard InChI is InChI=1S/C7H7N2O2/c8-7(10)11-5-6-3-1-2-4-9-6/h2-4H,5H2,(H2,8,10)/q+1. The molecule has 1 heterocycles. The number of primary amides is 1. The van der Waals surface area contributed by atoms with E-state index in [0.29, 0.717) is 5.70 Å². The van der Waals surface area contributed by atoms with Crippen molar-refractivity contribution < 1.29 is 9.53 Å². The number of amides is 1. The molecule has 0 spiro atoms. The highest BCUT2D eigenvalue weighted by Crippen LogP contribution is 1.92. The van der Waals surface area contributed by atoms with Crippen molar-refractivity contribution >= 4 is 12.3 Å². The molecule has 2 radical (unpaired) electrons. The number of nitrogens with zero attached hydrogens (tertiary/aromatic N) is 1. The van der Waals surface area contributed by atoms with Gasteiger partial charge in [-0.3, -0.25) is 0 Å². The van der Waals surface area contributed by atoms with Gasteiger partial charge in [-0.2, -0.15) is 0 Å². The van der Waals surface area contributed by atoms with Crippen molar-refractivity contribution in [3.05, 3.63) is 23.9 Å². The first-order valence-corrected chi connectivity index (χ1v) is 3.02. The fourth-order valence-corrected chi connectivity index (χ4v) is 0.582. The van der Waals surface area contributed by atoms with E-state index >= 15 is 0 Å². The van der Waals surface area contributed by atoms with Gasteiger partial charge in [0.1, 0.15) is 0 Å². The molecule has 0 bridgehead atoms. The molecule has 4 heteroatoms. The Morgan fingerprint density at radius 1 is 1.82 bits per heavy atom. The molecule has 0 unspecified atom stereocenters. The number of ether oxygens (including phenoxy) is 1. The second-order valence-electron chi connectivity index (χ2n) is 1.85. The van der Waals surface area contributed by atoms with Crippen LogP contribution in [-0.4, -0.2) is 18.9 Å². The third-order valence-electron chi connectivity index (χ3n) is 1.02. The number of carbonyl (C=O) groups excluding carboxylic acids is 1. The summed E-state index contributed by atoms with van der Waals surface area (Å²) in [5, 5.41) is 0. The summed E-state index contributed by atoms with van der Waals surface area (Å²) in [6, 6.07) is 0. The molecule has 0 aromatic heterocycles. The van der Waals surface area contributed by atoms with Crippen LogP contribution < -0.4 is 10.7 Å². The molecule has 0 aromatic carbocycles. The zero-order valence-corrected chi connectivity index (χ0v) is 5.78. The van der Waals surface area contributed by atoms with Crippen molar-refractivity contribution in [2.75, 3.05) is 6.61 Å². The largest absolute Gasteiger partial charge is 0.438 e. The molecule has 56 valence electrons. The topological polar surface area (TPSA) is 66.4 Å². The number of nitrogens with two attached hydrogens (primary N) is 1. The Labute approximate surface area is 64.1 Å². The molecule has 0 aliphatic carbocycles. The predicted octanol–water partition coefficient (Wildman–Crippen LogP) is -0.255. The quantitative estimate of drug-likeness (QED) is 0.591. The molecular formula is C7H7N2O2+. The Morgan fingerprint density at radius 3 is 3.18 bits per heavy atom. The highest BCUT2D eigenvalue weighted by molar-refractivity contribution is 5.72. The third kappa shape index (κ3) is 2.66.